The zero-order valence-corrected chi connectivity index (χ0v) is 12.0. The third-order valence-electron chi connectivity index (χ3n) is 3.17. The number of nitrogens with one attached hydrogen (secondary N) is 1. The van der Waals surface area contributed by atoms with Gasteiger partial charge in [-0.15, -0.1) is 0 Å². The molecule has 2 unspecified atom stereocenters. The lowest BCUT2D eigenvalue weighted by molar-refractivity contribution is -0.142. The van der Waals surface area contributed by atoms with Crippen molar-refractivity contribution in [1.29, 1.82) is 0 Å². The number of para-hydroxylation sites is 1. The van der Waals surface area contributed by atoms with Crippen LogP contribution in [0.1, 0.15) is 6.42 Å². The summed E-state index contributed by atoms with van der Waals surface area (Å²) in [5, 5.41) is 12.1. The van der Waals surface area contributed by atoms with Gasteiger partial charge in [0.2, 0.25) is 5.91 Å². The van der Waals surface area contributed by atoms with Crippen LogP contribution in [0.2, 0.25) is 5.02 Å². The first kappa shape index (κ1) is 15.6. The van der Waals surface area contributed by atoms with Crippen LogP contribution >= 0.6 is 11.6 Å². The quantitative estimate of drug-likeness (QED) is 0.827. The molecule has 6 nitrogen and oxygen atoms in total. The van der Waals surface area contributed by atoms with Crippen LogP contribution < -0.4 is 10.1 Å². The Hall–Kier alpha value is -1.79. The Morgan fingerprint density at radius 1 is 1.38 bits per heavy atom. The van der Waals surface area contributed by atoms with Crippen molar-refractivity contribution in [3.05, 3.63) is 29.3 Å². The highest BCUT2D eigenvalue weighted by atomic mass is 35.5. The molecule has 0 aromatic heterocycles. The van der Waals surface area contributed by atoms with Crippen LogP contribution in [0.4, 0.5) is 0 Å². The third-order valence-corrected chi connectivity index (χ3v) is 3.48. The summed E-state index contributed by atoms with van der Waals surface area (Å²) in [6.45, 7) is 0.505. The lowest BCUT2D eigenvalue weighted by atomic mass is 10.0. The second-order valence-electron chi connectivity index (χ2n) is 4.69. The number of carboxylic acid groups (broad SMARTS) is 1. The van der Waals surface area contributed by atoms with Gasteiger partial charge in [0.15, 0.2) is 0 Å². The van der Waals surface area contributed by atoms with Crippen LogP contribution in [0.3, 0.4) is 0 Å². The maximum absolute atomic E-state index is 11.8. The summed E-state index contributed by atoms with van der Waals surface area (Å²) in [7, 11) is 0. The van der Waals surface area contributed by atoms with E-state index in [0.29, 0.717) is 10.8 Å². The molecule has 0 aliphatic carbocycles. The molecule has 1 heterocycles. The molecule has 0 bridgehead atoms. The van der Waals surface area contributed by atoms with Crippen molar-refractivity contribution in [1.82, 2.24) is 5.32 Å². The third kappa shape index (κ3) is 4.34. The minimum absolute atomic E-state index is 0.119. The van der Waals surface area contributed by atoms with E-state index in [-0.39, 0.29) is 32.1 Å². The Labute approximate surface area is 127 Å². The highest BCUT2D eigenvalue weighted by Crippen LogP contribution is 2.23. The maximum Gasteiger partial charge on any atom is 0.311 e. The van der Waals surface area contributed by atoms with Gasteiger partial charge in [-0.1, -0.05) is 23.7 Å². The van der Waals surface area contributed by atoms with Crippen LogP contribution in [0, 0.1) is 5.92 Å². The van der Waals surface area contributed by atoms with Gasteiger partial charge in [0.05, 0.1) is 37.3 Å². The van der Waals surface area contributed by atoms with Gasteiger partial charge in [-0.25, -0.2) is 0 Å². The van der Waals surface area contributed by atoms with E-state index in [0.717, 1.165) is 0 Å². The Morgan fingerprint density at radius 3 is 2.86 bits per heavy atom. The summed E-state index contributed by atoms with van der Waals surface area (Å²) in [5.41, 5.74) is 0. The van der Waals surface area contributed by atoms with Crippen LogP contribution in [0.15, 0.2) is 24.3 Å². The number of ether oxygens (including phenoxy) is 2. The van der Waals surface area contributed by atoms with Gasteiger partial charge in [-0.2, -0.15) is 0 Å². The Bertz CT molecular complexity index is 522. The summed E-state index contributed by atoms with van der Waals surface area (Å²) in [4.78, 5) is 22.7. The molecular formula is C14H16ClNO5. The van der Waals surface area contributed by atoms with Gasteiger partial charge in [-0.3, -0.25) is 9.59 Å². The van der Waals surface area contributed by atoms with Crippen molar-refractivity contribution in [3.8, 4) is 5.75 Å². The summed E-state index contributed by atoms with van der Waals surface area (Å²) >= 11 is 5.92. The molecule has 1 aliphatic heterocycles. The van der Waals surface area contributed by atoms with Gasteiger partial charge >= 0.3 is 5.97 Å². The van der Waals surface area contributed by atoms with Crippen LogP contribution in [-0.2, 0) is 14.3 Å². The molecule has 1 aromatic carbocycles. The monoisotopic (exact) mass is 313 g/mol. The fraction of sp³-hybridized carbons (Fsp3) is 0.429. The molecule has 21 heavy (non-hydrogen) atoms. The molecule has 1 aromatic rings. The normalized spacial score (nSPS) is 21.0. The molecule has 1 saturated heterocycles. The van der Waals surface area contributed by atoms with E-state index in [4.69, 9.17) is 26.2 Å². The number of rotatable bonds is 6. The van der Waals surface area contributed by atoms with Crippen molar-refractivity contribution < 1.29 is 24.2 Å². The molecule has 2 rings (SSSR count). The van der Waals surface area contributed by atoms with Crippen molar-refractivity contribution in [2.45, 2.75) is 12.5 Å². The highest BCUT2D eigenvalue weighted by Gasteiger charge is 2.34. The SMILES string of the molecule is O=C(CCOc1ccccc1Cl)NC1COCC1C(=O)O. The molecule has 0 saturated carbocycles. The minimum atomic E-state index is -0.967. The summed E-state index contributed by atoms with van der Waals surface area (Å²) in [5.74, 6) is -1.42. The first-order valence-electron chi connectivity index (χ1n) is 6.55. The smallest absolute Gasteiger partial charge is 0.311 e. The maximum atomic E-state index is 11.8. The van der Waals surface area contributed by atoms with Gasteiger partial charge < -0.3 is 19.9 Å². The van der Waals surface area contributed by atoms with Crippen molar-refractivity contribution in [2.75, 3.05) is 19.8 Å². The van der Waals surface area contributed by atoms with Crippen molar-refractivity contribution in [3.63, 3.8) is 0 Å². The molecule has 2 atom stereocenters. The van der Waals surface area contributed by atoms with E-state index in [9.17, 15) is 9.59 Å². The van der Waals surface area contributed by atoms with Crippen LogP contribution in [0.5, 0.6) is 5.75 Å². The van der Waals surface area contributed by atoms with E-state index in [1.165, 1.54) is 0 Å². The summed E-state index contributed by atoms with van der Waals surface area (Å²) in [6.07, 6.45) is 0.119. The second kappa shape index (κ2) is 7.28. The standard InChI is InChI=1S/C14H16ClNO5/c15-10-3-1-2-4-12(10)21-6-5-13(17)16-11-8-20-7-9(11)14(18)19/h1-4,9,11H,5-8H2,(H,16,17)(H,18,19). The number of amides is 1. The molecule has 0 radical (unpaired) electrons. The second-order valence-corrected chi connectivity index (χ2v) is 5.09. The molecule has 0 spiro atoms. The zero-order valence-electron chi connectivity index (χ0n) is 11.3. The lowest BCUT2D eigenvalue weighted by Crippen LogP contribution is -2.43. The summed E-state index contributed by atoms with van der Waals surface area (Å²) in [6, 6.07) is 6.49. The Morgan fingerprint density at radius 2 is 2.14 bits per heavy atom. The van der Waals surface area contributed by atoms with E-state index >= 15 is 0 Å². The van der Waals surface area contributed by atoms with E-state index in [1.54, 1.807) is 24.3 Å². The predicted octanol–water partition coefficient (Wildman–Crippen LogP) is 1.32. The molecule has 2 N–H and O–H groups in total. The molecular weight excluding hydrogens is 298 g/mol. The molecule has 1 aliphatic rings. The number of carbonyl (C=O) groups is 2. The minimum Gasteiger partial charge on any atom is -0.491 e. The number of carbonyl (C=O) groups excluding carboxylic acids is 1. The first-order chi connectivity index (χ1) is 10.1. The molecule has 114 valence electrons. The van der Waals surface area contributed by atoms with Gasteiger partial charge in [0, 0.05) is 0 Å². The van der Waals surface area contributed by atoms with Gasteiger partial charge in [0.1, 0.15) is 11.7 Å². The number of halogens is 1. The average molecular weight is 314 g/mol. The molecule has 7 heteroatoms. The number of aliphatic carboxylic acids is 1. The van der Waals surface area contributed by atoms with Crippen LogP contribution in [0.25, 0.3) is 0 Å². The Kier molecular flexibility index (Phi) is 5.41. The van der Waals surface area contributed by atoms with Gasteiger partial charge in [0.25, 0.3) is 0 Å². The van der Waals surface area contributed by atoms with Crippen LogP contribution in [-0.4, -0.2) is 42.8 Å². The topological polar surface area (TPSA) is 84.9 Å². The number of benzene rings is 1. The van der Waals surface area contributed by atoms with E-state index in [2.05, 4.69) is 5.32 Å². The van der Waals surface area contributed by atoms with E-state index in [1.807, 2.05) is 0 Å². The Balaban J connectivity index is 1.75. The molecule has 1 amide bonds. The highest BCUT2D eigenvalue weighted by molar-refractivity contribution is 6.32. The summed E-state index contributed by atoms with van der Waals surface area (Å²) < 4.78 is 10.5. The predicted molar refractivity (Wildman–Crippen MR) is 75.4 cm³/mol. The number of carboxylic acids is 1. The lowest BCUT2D eigenvalue weighted by Gasteiger charge is -2.15. The fourth-order valence-corrected chi connectivity index (χ4v) is 2.22. The number of hydrogen-bond acceptors (Lipinski definition) is 4. The fourth-order valence-electron chi connectivity index (χ4n) is 2.03. The van der Waals surface area contributed by atoms with Crippen molar-refractivity contribution >= 4 is 23.5 Å². The zero-order chi connectivity index (χ0) is 15.2. The van der Waals surface area contributed by atoms with Gasteiger partial charge in [-0.05, 0) is 12.1 Å². The molecule has 1 fully saturated rings. The average Bonchev–Trinajstić information content (AvgIpc) is 2.89. The van der Waals surface area contributed by atoms with Crippen molar-refractivity contribution in [2.24, 2.45) is 5.92 Å². The number of hydrogen-bond donors (Lipinski definition) is 2. The van der Waals surface area contributed by atoms with E-state index < -0.39 is 17.9 Å². The largest absolute Gasteiger partial charge is 0.491 e. The first-order valence-corrected chi connectivity index (χ1v) is 6.93.